The van der Waals surface area contributed by atoms with Gasteiger partial charge in [0.1, 0.15) is 11.5 Å². The lowest BCUT2D eigenvalue weighted by Gasteiger charge is -2.00. The van der Waals surface area contributed by atoms with Crippen LogP contribution in [0.1, 0.15) is 11.3 Å². The van der Waals surface area contributed by atoms with E-state index >= 15 is 0 Å². The van der Waals surface area contributed by atoms with Crippen molar-refractivity contribution < 1.29 is 4.52 Å². The molecule has 3 nitrogen and oxygen atoms in total. The summed E-state index contributed by atoms with van der Waals surface area (Å²) in [6.45, 7) is 5.54. The molecule has 0 aliphatic rings. The van der Waals surface area contributed by atoms with Crippen LogP contribution >= 0.6 is 0 Å². The summed E-state index contributed by atoms with van der Waals surface area (Å²) in [6.07, 6.45) is 0.482. The molecular formula is C14H12N2O. The van der Waals surface area contributed by atoms with Crippen LogP contribution in [-0.2, 0) is 6.42 Å². The first-order valence-electron chi connectivity index (χ1n) is 5.31. The maximum absolute atomic E-state index is 8.79. The highest BCUT2D eigenvalue weighted by molar-refractivity contribution is 5.64. The Hall–Kier alpha value is -2.34. The van der Waals surface area contributed by atoms with Crippen molar-refractivity contribution in [2.75, 3.05) is 0 Å². The second-order valence-corrected chi connectivity index (χ2v) is 3.82. The van der Waals surface area contributed by atoms with Crippen LogP contribution in [0.4, 0.5) is 0 Å². The van der Waals surface area contributed by atoms with Gasteiger partial charge in [0.25, 0.3) is 0 Å². The van der Waals surface area contributed by atoms with E-state index in [1.54, 1.807) is 0 Å². The number of nitriles is 1. The van der Waals surface area contributed by atoms with E-state index in [0.717, 1.165) is 22.6 Å². The first-order chi connectivity index (χ1) is 8.22. The van der Waals surface area contributed by atoms with Gasteiger partial charge in [-0.3, -0.25) is 0 Å². The summed E-state index contributed by atoms with van der Waals surface area (Å²) < 4.78 is 5.19. The van der Waals surface area contributed by atoms with Gasteiger partial charge in [-0.05, 0) is 6.92 Å². The highest BCUT2D eigenvalue weighted by Gasteiger charge is 2.14. The zero-order valence-corrected chi connectivity index (χ0v) is 9.60. The van der Waals surface area contributed by atoms with E-state index in [1.165, 1.54) is 0 Å². The molecule has 3 heteroatoms. The summed E-state index contributed by atoms with van der Waals surface area (Å²) >= 11 is 0. The normalized spacial score (nSPS) is 9.88. The van der Waals surface area contributed by atoms with Crippen LogP contribution in [0.2, 0.25) is 0 Å². The Morgan fingerprint density at radius 2 is 2.12 bits per heavy atom. The average molecular weight is 224 g/mol. The molecule has 2 aromatic rings. The van der Waals surface area contributed by atoms with Gasteiger partial charge in [0.2, 0.25) is 0 Å². The molecule has 0 atom stereocenters. The molecule has 0 fully saturated rings. The molecule has 0 bridgehead atoms. The van der Waals surface area contributed by atoms with Crippen molar-refractivity contribution >= 4 is 0 Å². The molecule has 0 unspecified atom stereocenters. The summed E-state index contributed by atoms with van der Waals surface area (Å²) in [4.78, 5) is 0. The lowest BCUT2D eigenvalue weighted by molar-refractivity contribution is 0.398. The maximum Gasteiger partial charge on any atom is 0.137 e. The van der Waals surface area contributed by atoms with Crippen LogP contribution in [0.5, 0.6) is 0 Å². The van der Waals surface area contributed by atoms with Gasteiger partial charge in [-0.1, -0.05) is 42.1 Å². The summed E-state index contributed by atoms with van der Waals surface area (Å²) in [5, 5.41) is 12.8. The van der Waals surface area contributed by atoms with Gasteiger partial charge in [0, 0.05) is 23.1 Å². The van der Waals surface area contributed by atoms with Crippen LogP contribution in [0.15, 0.2) is 47.0 Å². The smallest absolute Gasteiger partial charge is 0.137 e. The Balaban J connectivity index is 2.43. The van der Waals surface area contributed by atoms with Crippen molar-refractivity contribution in [2.45, 2.75) is 13.3 Å². The third-order valence-electron chi connectivity index (χ3n) is 2.58. The van der Waals surface area contributed by atoms with Crippen molar-refractivity contribution in [2.24, 2.45) is 0 Å². The van der Waals surface area contributed by atoms with Gasteiger partial charge in [0.15, 0.2) is 0 Å². The molecule has 0 aliphatic carbocycles. The molecule has 0 aliphatic heterocycles. The van der Waals surface area contributed by atoms with Gasteiger partial charge in [-0.25, -0.2) is 0 Å². The minimum absolute atomic E-state index is 0.482. The Labute approximate surface area is 100.0 Å². The highest BCUT2D eigenvalue weighted by Crippen LogP contribution is 2.26. The third kappa shape index (κ3) is 2.26. The average Bonchev–Trinajstić information content (AvgIpc) is 2.72. The van der Waals surface area contributed by atoms with Gasteiger partial charge < -0.3 is 4.52 Å². The molecule has 0 saturated heterocycles. The summed E-state index contributed by atoms with van der Waals surface area (Å²) in [7, 11) is 0. The minimum Gasteiger partial charge on any atom is -0.361 e. The Morgan fingerprint density at radius 3 is 2.76 bits per heavy atom. The zero-order chi connectivity index (χ0) is 12.3. The van der Waals surface area contributed by atoms with E-state index in [9.17, 15) is 0 Å². The van der Waals surface area contributed by atoms with E-state index in [4.69, 9.17) is 9.78 Å². The van der Waals surface area contributed by atoms with E-state index in [2.05, 4.69) is 11.7 Å². The predicted molar refractivity (Wildman–Crippen MR) is 65.1 cm³/mol. The van der Waals surface area contributed by atoms with Crippen LogP contribution in [0.25, 0.3) is 11.3 Å². The van der Waals surface area contributed by atoms with Crippen LogP contribution < -0.4 is 0 Å². The summed E-state index contributed by atoms with van der Waals surface area (Å²) in [5.74, 6) is 0.736. The van der Waals surface area contributed by atoms with Gasteiger partial charge >= 0.3 is 0 Å². The number of nitrogens with zero attached hydrogens (tertiary/aromatic N) is 2. The minimum atomic E-state index is 0.482. The Bertz CT molecular complexity index is 576. The Morgan fingerprint density at radius 1 is 1.41 bits per heavy atom. The molecule has 0 amide bonds. The van der Waals surface area contributed by atoms with Crippen LogP contribution in [0, 0.1) is 18.3 Å². The second-order valence-electron chi connectivity index (χ2n) is 3.82. The van der Waals surface area contributed by atoms with E-state index < -0.39 is 0 Å². The maximum atomic E-state index is 8.79. The fraction of sp³-hybridized carbons (Fsp3) is 0.143. The monoisotopic (exact) mass is 224 g/mol. The second kappa shape index (κ2) is 4.67. The zero-order valence-electron chi connectivity index (χ0n) is 9.60. The molecule has 1 aromatic carbocycles. The molecule has 1 aromatic heterocycles. The summed E-state index contributed by atoms with van der Waals surface area (Å²) in [6, 6.07) is 11.8. The number of benzene rings is 1. The van der Waals surface area contributed by atoms with E-state index in [-0.39, 0.29) is 0 Å². The SMILES string of the molecule is C=C(C#N)Cc1c(-c2ccccc2)noc1C. The molecule has 0 saturated carbocycles. The topological polar surface area (TPSA) is 49.8 Å². The number of aromatic nitrogens is 1. The van der Waals surface area contributed by atoms with Crippen molar-refractivity contribution in [3.8, 4) is 17.3 Å². The van der Waals surface area contributed by atoms with E-state index in [0.29, 0.717) is 12.0 Å². The molecule has 1 heterocycles. The number of rotatable bonds is 3. The fourth-order valence-electron chi connectivity index (χ4n) is 1.68. The fourth-order valence-corrected chi connectivity index (χ4v) is 1.68. The molecular weight excluding hydrogens is 212 g/mol. The standard InChI is InChI=1S/C14H12N2O/c1-10(9-15)8-13-11(2)17-16-14(13)12-6-4-3-5-7-12/h3-7H,1,8H2,2H3. The number of allylic oxidation sites excluding steroid dienone is 1. The third-order valence-corrected chi connectivity index (χ3v) is 2.58. The van der Waals surface area contributed by atoms with E-state index in [1.807, 2.05) is 43.3 Å². The highest BCUT2D eigenvalue weighted by atomic mass is 16.5. The van der Waals surface area contributed by atoms with Crippen molar-refractivity contribution in [1.29, 1.82) is 5.26 Å². The lowest BCUT2D eigenvalue weighted by atomic mass is 10.0. The first kappa shape index (κ1) is 11.2. The number of hydrogen-bond donors (Lipinski definition) is 0. The Kier molecular flexibility index (Phi) is 3.06. The first-order valence-corrected chi connectivity index (χ1v) is 5.31. The molecule has 2 rings (SSSR count). The molecule has 17 heavy (non-hydrogen) atoms. The van der Waals surface area contributed by atoms with Gasteiger partial charge in [-0.2, -0.15) is 5.26 Å². The van der Waals surface area contributed by atoms with Crippen molar-refractivity contribution in [1.82, 2.24) is 5.16 Å². The van der Waals surface area contributed by atoms with Gasteiger partial charge in [0.05, 0.1) is 6.07 Å². The largest absolute Gasteiger partial charge is 0.361 e. The molecule has 84 valence electrons. The molecule has 0 radical (unpaired) electrons. The lowest BCUT2D eigenvalue weighted by Crippen LogP contribution is -1.91. The van der Waals surface area contributed by atoms with Crippen molar-refractivity contribution in [3.05, 3.63) is 53.8 Å². The van der Waals surface area contributed by atoms with Crippen LogP contribution in [0.3, 0.4) is 0 Å². The predicted octanol–water partition coefficient (Wildman–Crippen LogP) is 3.27. The van der Waals surface area contributed by atoms with Crippen molar-refractivity contribution in [3.63, 3.8) is 0 Å². The molecule has 0 N–H and O–H groups in total. The molecule has 0 spiro atoms. The number of hydrogen-bond acceptors (Lipinski definition) is 3. The van der Waals surface area contributed by atoms with Gasteiger partial charge in [-0.15, -0.1) is 0 Å². The number of aryl methyl sites for hydroxylation is 1. The summed E-state index contributed by atoms with van der Waals surface area (Å²) in [5.41, 5.74) is 3.22. The quantitative estimate of drug-likeness (QED) is 0.752. The van der Waals surface area contributed by atoms with Crippen LogP contribution in [-0.4, -0.2) is 5.16 Å².